The van der Waals surface area contributed by atoms with Crippen molar-refractivity contribution in [1.29, 1.82) is 0 Å². The second-order valence-electron chi connectivity index (χ2n) is 5.39. The molecule has 1 aromatic carbocycles. The smallest absolute Gasteiger partial charge is 0.247 e. The highest BCUT2D eigenvalue weighted by atomic mass is 79.9. The van der Waals surface area contributed by atoms with E-state index in [1.165, 1.54) is 4.31 Å². The highest BCUT2D eigenvalue weighted by Gasteiger charge is 2.38. The number of hydrogen-bond donors (Lipinski definition) is 0. The van der Waals surface area contributed by atoms with Crippen molar-refractivity contribution in [2.45, 2.75) is 23.8 Å². The lowest BCUT2D eigenvalue weighted by atomic mass is 10.2. The van der Waals surface area contributed by atoms with Gasteiger partial charge in [0.05, 0.1) is 0 Å². The van der Waals surface area contributed by atoms with E-state index in [-0.39, 0.29) is 10.5 Å². The maximum atomic E-state index is 13.9. The van der Waals surface area contributed by atoms with Crippen LogP contribution in [0.25, 0.3) is 0 Å². The average molecular weight is 381 g/mol. The normalized spacial score (nSPS) is 24.2. The molecule has 21 heavy (non-hydrogen) atoms. The Hall–Kier alpha value is -0.570. The minimum Gasteiger partial charge on any atom is -0.298 e. The van der Waals surface area contributed by atoms with Crippen molar-refractivity contribution in [3.8, 4) is 0 Å². The van der Waals surface area contributed by atoms with E-state index in [4.69, 9.17) is 0 Å². The number of hydrogen-bond acceptors (Lipinski definition) is 3. The summed E-state index contributed by atoms with van der Waals surface area (Å²) in [4.78, 5) is 1.79. The minimum absolute atomic E-state index is 0.0751. The van der Waals surface area contributed by atoms with E-state index in [1.54, 1.807) is 0 Å². The topological polar surface area (TPSA) is 40.6 Å². The fourth-order valence-corrected chi connectivity index (χ4v) is 5.67. The monoisotopic (exact) mass is 380 g/mol. The van der Waals surface area contributed by atoms with E-state index in [2.05, 4.69) is 20.8 Å². The molecule has 116 valence electrons. The average Bonchev–Trinajstić information content (AvgIpc) is 2.83. The van der Waals surface area contributed by atoms with E-state index >= 15 is 0 Å². The van der Waals surface area contributed by atoms with Crippen molar-refractivity contribution in [3.63, 3.8) is 0 Å². The van der Waals surface area contributed by atoms with Crippen LogP contribution < -0.4 is 0 Å². The van der Waals surface area contributed by atoms with Crippen LogP contribution in [0, 0.1) is 11.6 Å². The second-order valence-corrected chi connectivity index (χ2v) is 8.12. The molecule has 0 bridgehead atoms. The van der Waals surface area contributed by atoms with Crippen LogP contribution >= 0.6 is 15.9 Å². The summed E-state index contributed by atoms with van der Waals surface area (Å²) in [6.07, 6.45) is 2.02. The van der Waals surface area contributed by atoms with Gasteiger partial charge in [-0.05, 0) is 41.4 Å². The number of fused-ring (bicyclic) bond motifs is 1. The van der Waals surface area contributed by atoms with Gasteiger partial charge in [-0.15, -0.1) is 0 Å². The van der Waals surface area contributed by atoms with Gasteiger partial charge in [-0.2, -0.15) is 4.31 Å². The third-order valence-corrected chi connectivity index (χ3v) is 6.94. The van der Waals surface area contributed by atoms with Crippen molar-refractivity contribution in [3.05, 3.63) is 28.2 Å². The van der Waals surface area contributed by atoms with Crippen molar-refractivity contribution < 1.29 is 17.2 Å². The summed E-state index contributed by atoms with van der Waals surface area (Å²) < 4.78 is 53.6. The van der Waals surface area contributed by atoms with Gasteiger partial charge in [-0.25, -0.2) is 17.2 Å². The zero-order valence-corrected chi connectivity index (χ0v) is 13.6. The quantitative estimate of drug-likeness (QED) is 0.789. The molecule has 2 fully saturated rings. The molecule has 4 nitrogen and oxygen atoms in total. The molecule has 2 aliphatic rings. The Kier molecular flexibility index (Phi) is 4.06. The summed E-state index contributed by atoms with van der Waals surface area (Å²) >= 11 is 2.96. The lowest BCUT2D eigenvalue weighted by Crippen LogP contribution is -2.52. The maximum absolute atomic E-state index is 13.9. The molecule has 2 heterocycles. The second kappa shape index (κ2) is 5.57. The van der Waals surface area contributed by atoms with Crippen molar-refractivity contribution in [2.75, 3.05) is 26.2 Å². The molecule has 1 atom stereocenters. The lowest BCUT2D eigenvalue weighted by molar-refractivity contribution is 0.158. The lowest BCUT2D eigenvalue weighted by Gasteiger charge is -2.36. The molecule has 2 aliphatic heterocycles. The molecular weight excluding hydrogens is 366 g/mol. The standard InChI is InChI=1S/C13H15BrF2N2O2S/c14-11-6-9(15)7-12(16)13(11)21(19,20)18-5-4-17-3-1-2-10(17)8-18/h6-7,10H,1-5,8H2. The molecule has 0 spiro atoms. The number of sulfonamides is 1. The molecule has 0 aromatic heterocycles. The van der Waals surface area contributed by atoms with E-state index < -0.39 is 26.6 Å². The number of nitrogens with zero attached hydrogens (tertiary/aromatic N) is 2. The van der Waals surface area contributed by atoms with Crippen LogP contribution in [0.1, 0.15) is 12.8 Å². The third kappa shape index (κ3) is 2.74. The summed E-state index contributed by atoms with van der Waals surface area (Å²) in [5, 5.41) is 0. The number of piperazine rings is 1. The summed E-state index contributed by atoms with van der Waals surface area (Å²) in [7, 11) is -3.96. The van der Waals surface area contributed by atoms with Crippen molar-refractivity contribution >= 4 is 26.0 Å². The van der Waals surface area contributed by atoms with Crippen LogP contribution in [-0.2, 0) is 10.0 Å². The first-order valence-corrected chi connectivity index (χ1v) is 9.01. The summed E-state index contributed by atoms with van der Waals surface area (Å²) in [6, 6.07) is 1.78. The number of rotatable bonds is 2. The van der Waals surface area contributed by atoms with Crippen molar-refractivity contribution in [2.24, 2.45) is 0 Å². The van der Waals surface area contributed by atoms with E-state index in [0.717, 1.165) is 25.5 Å². The fraction of sp³-hybridized carbons (Fsp3) is 0.538. The molecule has 1 unspecified atom stereocenters. The zero-order valence-electron chi connectivity index (χ0n) is 11.2. The van der Waals surface area contributed by atoms with E-state index in [0.29, 0.717) is 25.7 Å². The predicted molar refractivity (Wildman–Crippen MR) is 77.4 cm³/mol. The first-order valence-electron chi connectivity index (χ1n) is 6.78. The van der Waals surface area contributed by atoms with Gasteiger partial charge in [0, 0.05) is 36.2 Å². The fourth-order valence-electron chi connectivity index (χ4n) is 3.09. The van der Waals surface area contributed by atoms with Gasteiger partial charge >= 0.3 is 0 Å². The summed E-state index contributed by atoms with van der Waals surface area (Å²) in [6.45, 7) is 2.35. The molecule has 0 aliphatic carbocycles. The molecule has 0 N–H and O–H groups in total. The van der Waals surface area contributed by atoms with Gasteiger partial charge < -0.3 is 0 Å². The predicted octanol–water partition coefficient (Wildman–Crippen LogP) is 2.20. The van der Waals surface area contributed by atoms with Gasteiger partial charge in [-0.3, -0.25) is 4.90 Å². The van der Waals surface area contributed by atoms with E-state index in [1.807, 2.05) is 0 Å². The molecule has 0 amide bonds. The molecule has 2 saturated heterocycles. The van der Waals surface area contributed by atoms with Gasteiger partial charge in [0.1, 0.15) is 16.5 Å². The largest absolute Gasteiger partial charge is 0.298 e. The molecule has 8 heteroatoms. The highest BCUT2D eigenvalue weighted by Crippen LogP contribution is 2.31. The van der Waals surface area contributed by atoms with Gasteiger partial charge in [0.15, 0.2) is 0 Å². The van der Waals surface area contributed by atoms with Gasteiger partial charge in [-0.1, -0.05) is 0 Å². The van der Waals surface area contributed by atoms with Crippen LogP contribution in [0.15, 0.2) is 21.5 Å². The van der Waals surface area contributed by atoms with Crippen LogP contribution in [0.4, 0.5) is 8.78 Å². The summed E-state index contributed by atoms with van der Waals surface area (Å²) in [5.41, 5.74) is 0. The zero-order chi connectivity index (χ0) is 15.2. The Bertz CT molecular complexity index is 645. The molecular formula is C13H15BrF2N2O2S. The van der Waals surface area contributed by atoms with Crippen LogP contribution in [-0.4, -0.2) is 49.8 Å². The molecule has 0 saturated carbocycles. The van der Waals surface area contributed by atoms with Crippen LogP contribution in [0.3, 0.4) is 0 Å². The minimum atomic E-state index is -3.96. The van der Waals surface area contributed by atoms with Gasteiger partial charge in [0.2, 0.25) is 10.0 Å². The van der Waals surface area contributed by atoms with Crippen LogP contribution in [0.2, 0.25) is 0 Å². The van der Waals surface area contributed by atoms with Crippen LogP contribution in [0.5, 0.6) is 0 Å². The maximum Gasteiger partial charge on any atom is 0.247 e. The Morgan fingerprint density at radius 3 is 2.67 bits per heavy atom. The SMILES string of the molecule is O=S(=O)(c1c(F)cc(F)cc1Br)N1CCN2CCCC2C1. The van der Waals surface area contributed by atoms with E-state index in [9.17, 15) is 17.2 Å². The Balaban J connectivity index is 1.94. The van der Waals surface area contributed by atoms with Gasteiger partial charge in [0.25, 0.3) is 0 Å². The molecule has 0 radical (unpaired) electrons. The van der Waals surface area contributed by atoms with Crippen molar-refractivity contribution in [1.82, 2.24) is 9.21 Å². The summed E-state index contributed by atoms with van der Waals surface area (Å²) in [5.74, 6) is -1.87. The molecule has 3 rings (SSSR count). The third-order valence-electron chi connectivity index (χ3n) is 4.11. The Morgan fingerprint density at radius 1 is 1.19 bits per heavy atom. The number of halogens is 3. The Morgan fingerprint density at radius 2 is 1.95 bits per heavy atom. The first-order chi connectivity index (χ1) is 9.89. The number of benzene rings is 1. The first kappa shape index (κ1) is 15.3. The highest BCUT2D eigenvalue weighted by molar-refractivity contribution is 9.10. The molecule has 1 aromatic rings. The Labute approximate surface area is 130 Å².